The van der Waals surface area contributed by atoms with Gasteiger partial charge in [0.05, 0.1) is 0 Å². The fourth-order valence-electron chi connectivity index (χ4n) is 3.03. The molecular formula is C24H43NO3. The Morgan fingerprint density at radius 1 is 0.857 bits per heavy atom. The van der Waals surface area contributed by atoms with Crippen molar-refractivity contribution in [2.75, 3.05) is 0 Å². The number of amides is 1. The third kappa shape index (κ3) is 15.5. The molecule has 28 heavy (non-hydrogen) atoms. The van der Waals surface area contributed by atoms with E-state index in [0.717, 1.165) is 38.5 Å². The Morgan fingerprint density at radius 2 is 1.43 bits per heavy atom. The topological polar surface area (TPSA) is 66.4 Å². The summed E-state index contributed by atoms with van der Waals surface area (Å²) >= 11 is 0. The smallest absolute Gasteiger partial charge is 0.326 e. The van der Waals surface area contributed by atoms with Crippen molar-refractivity contribution < 1.29 is 14.7 Å². The van der Waals surface area contributed by atoms with Crippen LogP contribution < -0.4 is 5.32 Å². The molecule has 0 aliphatic carbocycles. The van der Waals surface area contributed by atoms with Gasteiger partial charge in [0.1, 0.15) is 6.04 Å². The van der Waals surface area contributed by atoms with Gasteiger partial charge in [-0.2, -0.15) is 0 Å². The first-order valence-corrected chi connectivity index (χ1v) is 11.3. The number of rotatable bonds is 18. The zero-order chi connectivity index (χ0) is 21.0. The number of nitrogens with one attached hydrogen (secondary N) is 1. The molecule has 0 rings (SSSR count). The minimum absolute atomic E-state index is 0.0500. The summed E-state index contributed by atoms with van der Waals surface area (Å²) in [4.78, 5) is 23.1. The molecule has 162 valence electrons. The molecule has 0 aromatic heterocycles. The van der Waals surface area contributed by atoms with Crippen molar-refractivity contribution in [3.63, 3.8) is 0 Å². The highest BCUT2D eigenvalue weighted by Crippen LogP contribution is 2.11. The van der Waals surface area contributed by atoms with Crippen LogP contribution in [0.4, 0.5) is 0 Å². The molecule has 0 aliphatic heterocycles. The molecule has 0 unspecified atom stereocenters. The third-order valence-electron chi connectivity index (χ3n) is 5.15. The Morgan fingerprint density at radius 3 is 2.00 bits per heavy atom. The molecule has 0 aromatic carbocycles. The van der Waals surface area contributed by atoms with Gasteiger partial charge in [0.2, 0.25) is 5.91 Å². The second-order valence-corrected chi connectivity index (χ2v) is 7.75. The van der Waals surface area contributed by atoms with Crippen molar-refractivity contribution >= 4 is 11.9 Å². The van der Waals surface area contributed by atoms with E-state index >= 15 is 0 Å². The minimum Gasteiger partial charge on any atom is -0.480 e. The van der Waals surface area contributed by atoms with Crippen LogP contribution in [0.2, 0.25) is 0 Å². The first-order valence-electron chi connectivity index (χ1n) is 11.3. The summed E-state index contributed by atoms with van der Waals surface area (Å²) in [5.74, 6) is -1.13. The highest BCUT2D eigenvalue weighted by atomic mass is 16.4. The highest BCUT2D eigenvalue weighted by molar-refractivity contribution is 5.83. The number of aliphatic carboxylic acids is 1. The third-order valence-corrected chi connectivity index (χ3v) is 5.15. The fourth-order valence-corrected chi connectivity index (χ4v) is 3.03. The van der Waals surface area contributed by atoms with Gasteiger partial charge in [0, 0.05) is 6.42 Å². The Kier molecular flexibility index (Phi) is 17.7. The predicted octanol–water partition coefficient (Wildman–Crippen LogP) is 6.42. The Balaban J connectivity index is 3.59. The molecule has 0 fully saturated rings. The number of hydrogen-bond donors (Lipinski definition) is 2. The molecular weight excluding hydrogens is 350 g/mol. The molecule has 0 saturated carbocycles. The van der Waals surface area contributed by atoms with E-state index in [2.05, 4.69) is 36.5 Å². The lowest BCUT2D eigenvalue weighted by molar-refractivity contribution is -0.143. The van der Waals surface area contributed by atoms with Crippen LogP contribution in [0.5, 0.6) is 0 Å². The minimum atomic E-state index is -0.942. The summed E-state index contributed by atoms with van der Waals surface area (Å²) in [6.45, 7) is 6.03. The van der Waals surface area contributed by atoms with E-state index < -0.39 is 12.0 Å². The van der Waals surface area contributed by atoms with Crippen LogP contribution in [0, 0.1) is 5.92 Å². The van der Waals surface area contributed by atoms with Crippen LogP contribution in [-0.4, -0.2) is 23.0 Å². The Hall–Kier alpha value is -1.58. The summed E-state index contributed by atoms with van der Waals surface area (Å²) in [7, 11) is 0. The lowest BCUT2D eigenvalue weighted by atomic mass is 9.99. The Labute approximate surface area is 172 Å². The lowest BCUT2D eigenvalue weighted by Gasteiger charge is -2.20. The van der Waals surface area contributed by atoms with Crippen LogP contribution in [0.1, 0.15) is 104 Å². The van der Waals surface area contributed by atoms with Gasteiger partial charge < -0.3 is 10.4 Å². The van der Waals surface area contributed by atoms with E-state index in [9.17, 15) is 14.7 Å². The van der Waals surface area contributed by atoms with Crippen molar-refractivity contribution in [3.05, 3.63) is 24.3 Å². The maximum Gasteiger partial charge on any atom is 0.326 e. The fraction of sp³-hybridized carbons (Fsp3) is 0.750. The van der Waals surface area contributed by atoms with E-state index in [1.165, 1.54) is 38.5 Å². The largest absolute Gasteiger partial charge is 0.480 e. The first kappa shape index (κ1) is 26.4. The molecule has 4 heteroatoms. The average molecular weight is 394 g/mol. The molecule has 0 aliphatic rings. The molecule has 2 atom stereocenters. The zero-order valence-electron chi connectivity index (χ0n) is 18.4. The van der Waals surface area contributed by atoms with Gasteiger partial charge >= 0.3 is 5.97 Å². The maximum atomic E-state index is 11.9. The summed E-state index contributed by atoms with van der Waals surface area (Å²) in [6, 6.07) is -0.768. The van der Waals surface area contributed by atoms with Crippen molar-refractivity contribution in [2.24, 2.45) is 5.92 Å². The van der Waals surface area contributed by atoms with Crippen LogP contribution in [0.3, 0.4) is 0 Å². The van der Waals surface area contributed by atoms with Gasteiger partial charge in [-0.25, -0.2) is 4.79 Å². The van der Waals surface area contributed by atoms with E-state index in [0.29, 0.717) is 6.42 Å². The van der Waals surface area contributed by atoms with Gasteiger partial charge in [-0.15, -0.1) is 0 Å². The van der Waals surface area contributed by atoms with E-state index in [1.54, 1.807) is 0 Å². The number of carbonyl (C=O) groups is 2. The standard InChI is InChI=1S/C24H43NO3/c1-4-6-7-8-9-10-11-12-13-14-15-16-17-18-19-20-22(26)25-23(24(27)28)21(3)5-2/h9-10,12-13,21,23H,4-8,11,14-20H2,1-3H3,(H,25,26)(H,27,28)/b10-9+,13-12+/t21-,23-/m0/s1. The summed E-state index contributed by atoms with van der Waals surface area (Å²) in [5, 5.41) is 11.9. The molecule has 0 spiro atoms. The number of carbonyl (C=O) groups excluding carboxylic acids is 1. The second kappa shape index (κ2) is 18.8. The van der Waals surface area contributed by atoms with E-state index in [-0.39, 0.29) is 11.8 Å². The van der Waals surface area contributed by atoms with Crippen LogP contribution in [0.15, 0.2) is 24.3 Å². The summed E-state index contributed by atoms with van der Waals surface area (Å²) in [6.07, 6.45) is 22.9. The second-order valence-electron chi connectivity index (χ2n) is 7.75. The van der Waals surface area contributed by atoms with Crippen molar-refractivity contribution in [3.8, 4) is 0 Å². The summed E-state index contributed by atoms with van der Waals surface area (Å²) in [5.41, 5.74) is 0. The van der Waals surface area contributed by atoms with Crippen LogP contribution >= 0.6 is 0 Å². The van der Waals surface area contributed by atoms with Gasteiger partial charge in [-0.05, 0) is 44.4 Å². The highest BCUT2D eigenvalue weighted by Gasteiger charge is 2.24. The molecule has 0 bridgehead atoms. The van der Waals surface area contributed by atoms with Gasteiger partial charge in [0.25, 0.3) is 0 Å². The predicted molar refractivity (Wildman–Crippen MR) is 118 cm³/mol. The molecule has 0 heterocycles. The number of carboxylic acid groups (broad SMARTS) is 1. The number of allylic oxidation sites excluding steroid dienone is 4. The first-order chi connectivity index (χ1) is 13.5. The normalized spacial score (nSPS) is 13.8. The molecule has 0 radical (unpaired) electrons. The molecule has 1 amide bonds. The van der Waals surface area contributed by atoms with Crippen LogP contribution in [0.25, 0.3) is 0 Å². The quantitative estimate of drug-likeness (QED) is 0.209. The van der Waals surface area contributed by atoms with E-state index in [1.807, 2.05) is 13.8 Å². The van der Waals surface area contributed by atoms with Gasteiger partial charge in [-0.1, -0.05) is 83.6 Å². The SMILES string of the molecule is CCCCC/C=C/C/C=C/CCCCCCCC(=O)N[C@H](C(=O)O)[C@@H](C)CC. The number of unbranched alkanes of at least 4 members (excludes halogenated alkanes) is 8. The Bertz CT molecular complexity index is 457. The van der Waals surface area contributed by atoms with Crippen LogP contribution in [-0.2, 0) is 9.59 Å². The van der Waals surface area contributed by atoms with Gasteiger partial charge in [-0.3, -0.25) is 4.79 Å². The summed E-state index contributed by atoms with van der Waals surface area (Å²) < 4.78 is 0. The molecule has 0 aromatic rings. The maximum absolute atomic E-state index is 11.9. The number of carboxylic acids is 1. The van der Waals surface area contributed by atoms with E-state index in [4.69, 9.17) is 0 Å². The monoisotopic (exact) mass is 393 g/mol. The molecule has 0 saturated heterocycles. The number of hydrogen-bond acceptors (Lipinski definition) is 2. The average Bonchev–Trinajstić information content (AvgIpc) is 2.68. The zero-order valence-corrected chi connectivity index (χ0v) is 18.4. The molecule has 2 N–H and O–H groups in total. The lowest BCUT2D eigenvalue weighted by Crippen LogP contribution is -2.44. The molecule has 4 nitrogen and oxygen atoms in total. The van der Waals surface area contributed by atoms with Crippen molar-refractivity contribution in [1.82, 2.24) is 5.32 Å². The van der Waals surface area contributed by atoms with Gasteiger partial charge in [0.15, 0.2) is 0 Å². The van der Waals surface area contributed by atoms with Crippen molar-refractivity contribution in [1.29, 1.82) is 0 Å². The van der Waals surface area contributed by atoms with Crippen molar-refractivity contribution in [2.45, 2.75) is 110 Å².